The molecule has 3 aromatic carbocycles. The van der Waals surface area contributed by atoms with Crippen LogP contribution < -0.4 is 5.32 Å². The molecule has 0 unspecified atom stereocenters. The number of nitrogens with zero attached hydrogens (tertiary/aromatic N) is 1. The quantitative estimate of drug-likeness (QED) is 0.439. The average molecular weight is 410 g/mol. The molecule has 0 saturated heterocycles. The molecule has 1 aromatic heterocycles. The molecule has 0 radical (unpaired) electrons. The fraction of sp³-hybridized carbons (Fsp3) is 0. The van der Waals surface area contributed by atoms with Crippen LogP contribution in [0.15, 0.2) is 72.1 Å². The van der Waals surface area contributed by atoms with E-state index in [4.69, 9.17) is 0 Å². The number of nitrogens with one attached hydrogen (secondary N) is 1. The van der Waals surface area contributed by atoms with Crippen LogP contribution in [0.3, 0.4) is 0 Å². The maximum absolute atomic E-state index is 14.0. The highest BCUT2D eigenvalue weighted by atomic mass is 32.1. The van der Waals surface area contributed by atoms with Crippen molar-refractivity contribution in [1.29, 1.82) is 0 Å². The van der Waals surface area contributed by atoms with Crippen LogP contribution in [0.25, 0.3) is 21.8 Å². The van der Waals surface area contributed by atoms with Gasteiger partial charge in [-0.3, -0.25) is 4.79 Å². The molecule has 29 heavy (non-hydrogen) atoms. The first kappa shape index (κ1) is 18.9. The number of amides is 1. The van der Waals surface area contributed by atoms with E-state index < -0.39 is 17.5 Å². The highest BCUT2D eigenvalue weighted by molar-refractivity contribution is 7.13. The Bertz CT molecular complexity index is 1210. The van der Waals surface area contributed by atoms with Crippen LogP contribution in [-0.2, 0) is 0 Å². The first-order valence-electron chi connectivity index (χ1n) is 8.59. The van der Waals surface area contributed by atoms with Crippen LogP contribution in [0.4, 0.5) is 18.9 Å². The van der Waals surface area contributed by atoms with Gasteiger partial charge < -0.3 is 5.32 Å². The van der Waals surface area contributed by atoms with Crippen molar-refractivity contribution in [1.82, 2.24) is 4.98 Å². The van der Waals surface area contributed by atoms with Crippen LogP contribution in [0.5, 0.6) is 0 Å². The molecule has 1 amide bonds. The fourth-order valence-corrected chi connectivity index (χ4v) is 3.68. The summed E-state index contributed by atoms with van der Waals surface area (Å²) in [5.74, 6) is -2.79. The van der Waals surface area contributed by atoms with Gasteiger partial charge in [0.2, 0.25) is 0 Å². The summed E-state index contributed by atoms with van der Waals surface area (Å²) in [6, 6.07) is 16.0. The predicted octanol–water partition coefficient (Wildman–Crippen LogP) is 6.15. The van der Waals surface area contributed by atoms with Crippen molar-refractivity contribution in [3.8, 4) is 21.8 Å². The molecular formula is C22H13F3N2OS. The Balaban J connectivity index is 1.66. The van der Waals surface area contributed by atoms with Gasteiger partial charge in [-0.05, 0) is 30.3 Å². The highest BCUT2D eigenvalue weighted by Gasteiger charge is 2.17. The smallest absolute Gasteiger partial charge is 0.258 e. The SMILES string of the molecule is O=C(Nc1ccccc1-c1csc(-c2ccccc2F)n1)c1ccc(F)cc1F. The van der Waals surface area contributed by atoms with Crippen LogP contribution in [0.1, 0.15) is 10.4 Å². The first-order chi connectivity index (χ1) is 14.0. The Morgan fingerprint density at radius 3 is 2.34 bits per heavy atom. The maximum Gasteiger partial charge on any atom is 0.258 e. The Morgan fingerprint density at radius 1 is 0.862 bits per heavy atom. The van der Waals surface area contributed by atoms with Gasteiger partial charge in [-0.15, -0.1) is 11.3 Å². The summed E-state index contributed by atoms with van der Waals surface area (Å²) >= 11 is 1.27. The molecule has 0 saturated carbocycles. The Morgan fingerprint density at radius 2 is 1.59 bits per heavy atom. The number of thiazole rings is 1. The van der Waals surface area contributed by atoms with E-state index in [1.54, 1.807) is 47.8 Å². The minimum Gasteiger partial charge on any atom is -0.321 e. The lowest BCUT2D eigenvalue weighted by Gasteiger charge is -2.10. The Hall–Kier alpha value is -3.45. The normalized spacial score (nSPS) is 10.7. The van der Waals surface area contributed by atoms with Crippen molar-refractivity contribution in [2.24, 2.45) is 0 Å². The Kier molecular flexibility index (Phi) is 5.14. The lowest BCUT2D eigenvalue weighted by Crippen LogP contribution is -2.14. The molecular weight excluding hydrogens is 397 g/mol. The van der Waals surface area contributed by atoms with Crippen molar-refractivity contribution in [2.75, 3.05) is 5.32 Å². The third-order valence-electron chi connectivity index (χ3n) is 4.24. The number of rotatable bonds is 4. The predicted molar refractivity (Wildman–Crippen MR) is 107 cm³/mol. The largest absolute Gasteiger partial charge is 0.321 e. The Labute approximate surface area is 168 Å². The number of hydrogen-bond acceptors (Lipinski definition) is 3. The van der Waals surface area contributed by atoms with Crippen molar-refractivity contribution in [2.45, 2.75) is 0 Å². The van der Waals surface area contributed by atoms with Crippen LogP contribution in [0.2, 0.25) is 0 Å². The summed E-state index contributed by atoms with van der Waals surface area (Å²) in [5.41, 5.74) is 1.67. The van der Waals surface area contributed by atoms with E-state index in [2.05, 4.69) is 10.3 Å². The lowest BCUT2D eigenvalue weighted by molar-refractivity contribution is 0.102. The molecule has 0 fully saturated rings. The molecule has 3 nitrogen and oxygen atoms in total. The average Bonchev–Trinajstić information content (AvgIpc) is 3.18. The fourth-order valence-electron chi connectivity index (χ4n) is 2.83. The summed E-state index contributed by atoms with van der Waals surface area (Å²) < 4.78 is 41.0. The van der Waals surface area contributed by atoms with Crippen LogP contribution in [-0.4, -0.2) is 10.9 Å². The van der Waals surface area contributed by atoms with Crippen molar-refractivity contribution >= 4 is 22.9 Å². The standard InChI is InChI=1S/C22H13F3N2OS/c23-13-9-10-14(18(25)11-13)21(28)26-19-8-4-2-6-16(19)20-12-29-22(27-20)15-5-1-3-7-17(15)24/h1-12H,(H,26,28). The number of halogens is 3. The van der Waals surface area contributed by atoms with E-state index in [9.17, 15) is 18.0 Å². The second kappa shape index (κ2) is 7.89. The molecule has 7 heteroatoms. The van der Waals surface area contributed by atoms with Crippen molar-refractivity contribution in [3.05, 3.63) is 95.1 Å². The zero-order valence-corrected chi connectivity index (χ0v) is 15.6. The van der Waals surface area contributed by atoms with Crippen molar-refractivity contribution < 1.29 is 18.0 Å². The molecule has 4 rings (SSSR count). The van der Waals surface area contributed by atoms with Gasteiger partial charge in [0.1, 0.15) is 22.5 Å². The summed E-state index contributed by atoms with van der Waals surface area (Å²) in [6.07, 6.45) is 0. The molecule has 0 aliphatic heterocycles. The van der Waals surface area contributed by atoms with Gasteiger partial charge in [0.25, 0.3) is 5.91 Å². The molecule has 144 valence electrons. The third-order valence-corrected chi connectivity index (χ3v) is 5.11. The third kappa shape index (κ3) is 3.90. The lowest BCUT2D eigenvalue weighted by atomic mass is 10.1. The number of hydrogen-bond donors (Lipinski definition) is 1. The maximum atomic E-state index is 14.0. The number of benzene rings is 3. The zero-order chi connectivity index (χ0) is 20.4. The molecule has 0 spiro atoms. The molecule has 0 atom stereocenters. The van der Waals surface area contributed by atoms with Gasteiger partial charge in [-0.25, -0.2) is 18.2 Å². The number of aromatic nitrogens is 1. The van der Waals surface area contributed by atoms with E-state index in [0.29, 0.717) is 33.6 Å². The molecule has 0 aliphatic carbocycles. The molecule has 0 aliphatic rings. The van der Waals surface area contributed by atoms with Gasteiger partial charge in [0, 0.05) is 22.6 Å². The summed E-state index contributed by atoms with van der Waals surface area (Å²) in [7, 11) is 0. The van der Waals surface area contributed by atoms with Gasteiger partial charge >= 0.3 is 0 Å². The minimum absolute atomic E-state index is 0.272. The van der Waals surface area contributed by atoms with E-state index >= 15 is 0 Å². The number of carbonyl (C=O) groups excluding carboxylic acids is 1. The molecule has 4 aromatic rings. The van der Waals surface area contributed by atoms with E-state index in [0.717, 1.165) is 12.1 Å². The van der Waals surface area contributed by atoms with Gasteiger partial charge in [0.05, 0.1) is 16.9 Å². The summed E-state index contributed by atoms with van der Waals surface area (Å²) in [6.45, 7) is 0. The second-order valence-electron chi connectivity index (χ2n) is 6.14. The number of anilines is 1. The summed E-state index contributed by atoms with van der Waals surface area (Å²) in [4.78, 5) is 16.9. The zero-order valence-electron chi connectivity index (χ0n) is 14.8. The van der Waals surface area contributed by atoms with Crippen molar-refractivity contribution in [3.63, 3.8) is 0 Å². The van der Waals surface area contributed by atoms with E-state index in [1.807, 2.05) is 0 Å². The van der Waals surface area contributed by atoms with Crippen LogP contribution in [0, 0.1) is 17.5 Å². The second-order valence-corrected chi connectivity index (χ2v) is 7.00. The molecule has 1 heterocycles. The topological polar surface area (TPSA) is 42.0 Å². The first-order valence-corrected chi connectivity index (χ1v) is 9.47. The minimum atomic E-state index is -0.949. The van der Waals surface area contributed by atoms with Gasteiger partial charge in [-0.1, -0.05) is 30.3 Å². The van der Waals surface area contributed by atoms with Gasteiger partial charge in [-0.2, -0.15) is 0 Å². The monoisotopic (exact) mass is 410 g/mol. The summed E-state index contributed by atoms with van der Waals surface area (Å²) in [5, 5.41) is 4.89. The molecule has 0 bridgehead atoms. The van der Waals surface area contributed by atoms with Crippen LogP contribution >= 0.6 is 11.3 Å². The number of carbonyl (C=O) groups is 1. The van der Waals surface area contributed by atoms with E-state index in [-0.39, 0.29) is 11.4 Å². The highest BCUT2D eigenvalue weighted by Crippen LogP contribution is 2.33. The van der Waals surface area contributed by atoms with Gasteiger partial charge in [0.15, 0.2) is 0 Å². The number of para-hydroxylation sites is 1. The molecule has 1 N–H and O–H groups in total. The van der Waals surface area contributed by atoms with E-state index in [1.165, 1.54) is 17.4 Å².